The number of ketones is 1. The topological polar surface area (TPSA) is 71.1 Å². The van der Waals surface area contributed by atoms with E-state index in [1.165, 1.54) is 0 Å². The van der Waals surface area contributed by atoms with Crippen LogP contribution in [0.4, 0.5) is 0 Å². The monoisotopic (exact) mass is 456 g/mol. The van der Waals surface area contributed by atoms with Crippen molar-refractivity contribution in [2.45, 2.75) is 26.4 Å². The zero-order valence-corrected chi connectivity index (χ0v) is 17.2. The van der Waals surface area contributed by atoms with E-state index < -0.39 is 0 Å². The Morgan fingerprint density at radius 2 is 2.07 bits per heavy atom. The molecule has 7 heteroatoms. The van der Waals surface area contributed by atoms with Gasteiger partial charge in [-0.2, -0.15) is 0 Å². The number of halogens is 1. The Labute approximate surface area is 175 Å². The lowest BCUT2D eigenvalue weighted by atomic mass is 10.0. The summed E-state index contributed by atoms with van der Waals surface area (Å²) in [4.78, 5) is 24.9. The standard InChI is InChI=1S/C22H17BrO6/c1-11-17(29-22(25)12-2-3-12)5-4-16-19(24)18(28-20(11)16)8-13-6-15(23)7-14-9-26-10-27-21(13)14/h4-8,12H,2-3,9-10H2,1H3/b18-8-. The van der Waals surface area contributed by atoms with Crippen molar-refractivity contribution in [2.24, 2.45) is 5.92 Å². The number of esters is 1. The molecule has 0 N–H and O–H groups in total. The van der Waals surface area contributed by atoms with Crippen molar-refractivity contribution in [3.8, 4) is 17.2 Å². The van der Waals surface area contributed by atoms with Crippen molar-refractivity contribution in [1.82, 2.24) is 0 Å². The highest BCUT2D eigenvalue weighted by Gasteiger charge is 2.34. The average molecular weight is 457 g/mol. The number of hydrogen-bond acceptors (Lipinski definition) is 6. The molecular formula is C22H17BrO6. The van der Waals surface area contributed by atoms with Crippen molar-refractivity contribution in [2.75, 3.05) is 6.79 Å². The molecule has 6 nitrogen and oxygen atoms in total. The van der Waals surface area contributed by atoms with Crippen LogP contribution in [0.2, 0.25) is 0 Å². The van der Waals surface area contributed by atoms with Crippen molar-refractivity contribution in [3.05, 3.63) is 56.8 Å². The molecule has 0 saturated heterocycles. The van der Waals surface area contributed by atoms with E-state index in [9.17, 15) is 9.59 Å². The smallest absolute Gasteiger partial charge is 0.314 e. The molecule has 0 unspecified atom stereocenters. The normalized spacial score (nSPS) is 18.7. The average Bonchev–Trinajstić information content (AvgIpc) is 3.50. The molecule has 3 aliphatic rings. The maximum Gasteiger partial charge on any atom is 0.314 e. The Hall–Kier alpha value is -2.64. The van der Waals surface area contributed by atoms with Gasteiger partial charge in [0.1, 0.15) is 17.2 Å². The maximum absolute atomic E-state index is 12.9. The molecular weight excluding hydrogens is 440 g/mol. The number of ether oxygens (including phenoxy) is 4. The van der Waals surface area contributed by atoms with Crippen LogP contribution in [0, 0.1) is 12.8 Å². The number of hydrogen-bond donors (Lipinski definition) is 0. The number of carbonyl (C=O) groups excluding carboxylic acids is 2. The van der Waals surface area contributed by atoms with Gasteiger partial charge in [-0.3, -0.25) is 9.59 Å². The zero-order valence-electron chi connectivity index (χ0n) is 15.6. The summed E-state index contributed by atoms with van der Waals surface area (Å²) in [6.07, 6.45) is 3.41. The summed E-state index contributed by atoms with van der Waals surface area (Å²) in [7, 11) is 0. The van der Waals surface area contributed by atoms with E-state index in [1.807, 2.05) is 12.1 Å². The summed E-state index contributed by atoms with van der Waals surface area (Å²) in [5.74, 6) is 1.27. The summed E-state index contributed by atoms with van der Waals surface area (Å²) in [6, 6.07) is 7.08. The lowest BCUT2D eigenvalue weighted by molar-refractivity contribution is -0.135. The number of rotatable bonds is 3. The third-order valence-electron chi connectivity index (χ3n) is 5.15. The van der Waals surface area contributed by atoms with Gasteiger partial charge in [0.2, 0.25) is 5.78 Å². The molecule has 29 heavy (non-hydrogen) atoms. The molecule has 0 amide bonds. The Bertz CT molecular complexity index is 1080. The fraction of sp³-hybridized carbons (Fsp3) is 0.273. The summed E-state index contributed by atoms with van der Waals surface area (Å²) < 4.78 is 23.2. The number of allylic oxidation sites excluding steroid dienone is 1. The molecule has 0 radical (unpaired) electrons. The third kappa shape index (κ3) is 3.34. The predicted octanol–water partition coefficient (Wildman–Crippen LogP) is 4.56. The van der Waals surface area contributed by atoms with Gasteiger partial charge >= 0.3 is 5.97 Å². The second-order valence-corrected chi connectivity index (χ2v) is 8.21. The van der Waals surface area contributed by atoms with Crippen molar-refractivity contribution >= 4 is 33.8 Å². The van der Waals surface area contributed by atoms with Crippen LogP contribution in [0.15, 0.2) is 34.5 Å². The van der Waals surface area contributed by atoms with E-state index in [0.717, 1.165) is 28.4 Å². The molecule has 2 aromatic carbocycles. The van der Waals surface area contributed by atoms with Crippen molar-refractivity contribution in [1.29, 1.82) is 0 Å². The molecule has 1 saturated carbocycles. The lowest BCUT2D eigenvalue weighted by Crippen LogP contribution is -2.12. The predicted molar refractivity (Wildman–Crippen MR) is 107 cm³/mol. The number of carbonyl (C=O) groups is 2. The summed E-state index contributed by atoms with van der Waals surface area (Å²) in [6.45, 7) is 2.38. The molecule has 0 aromatic heterocycles. The molecule has 5 rings (SSSR count). The van der Waals surface area contributed by atoms with Gasteiger partial charge in [-0.25, -0.2) is 0 Å². The van der Waals surface area contributed by atoms with Crippen molar-refractivity contribution in [3.63, 3.8) is 0 Å². The minimum Gasteiger partial charge on any atom is -0.467 e. The van der Waals surface area contributed by atoms with Crippen LogP contribution in [-0.4, -0.2) is 18.5 Å². The number of fused-ring (bicyclic) bond motifs is 2. The van der Waals surface area contributed by atoms with Gasteiger partial charge in [0, 0.05) is 21.2 Å². The summed E-state index contributed by atoms with van der Waals surface area (Å²) >= 11 is 3.48. The number of Topliss-reactive ketones (excluding diaryl/α,β-unsaturated/α-hetero) is 1. The third-order valence-corrected chi connectivity index (χ3v) is 5.61. The molecule has 2 aliphatic heterocycles. The minimum absolute atomic E-state index is 0.00709. The summed E-state index contributed by atoms with van der Waals surface area (Å²) in [5.41, 5.74) is 2.71. The number of benzene rings is 2. The molecule has 0 atom stereocenters. The van der Waals surface area contributed by atoms with Crippen molar-refractivity contribution < 1.29 is 28.5 Å². The van der Waals surface area contributed by atoms with Gasteiger partial charge in [-0.1, -0.05) is 15.9 Å². The van der Waals surface area contributed by atoms with E-state index in [0.29, 0.717) is 35.0 Å². The zero-order chi connectivity index (χ0) is 20.1. The Morgan fingerprint density at radius 3 is 2.86 bits per heavy atom. The fourth-order valence-corrected chi connectivity index (χ4v) is 3.97. The first kappa shape index (κ1) is 18.4. The molecule has 0 bridgehead atoms. The first-order valence-electron chi connectivity index (χ1n) is 9.34. The van der Waals surface area contributed by atoms with Crippen LogP contribution in [-0.2, 0) is 16.1 Å². The molecule has 1 aliphatic carbocycles. The maximum atomic E-state index is 12.9. The SMILES string of the molecule is Cc1c(OC(=O)C2CC2)ccc2c1O/C(=C\c1cc(Br)cc3c1OCOC3)C2=O. The van der Waals surface area contributed by atoms with Gasteiger partial charge < -0.3 is 18.9 Å². The van der Waals surface area contributed by atoms with E-state index in [1.54, 1.807) is 25.1 Å². The van der Waals surface area contributed by atoms with Crippen LogP contribution in [0.25, 0.3) is 6.08 Å². The largest absolute Gasteiger partial charge is 0.467 e. The molecule has 2 aromatic rings. The van der Waals surface area contributed by atoms with Crippen LogP contribution < -0.4 is 14.2 Å². The second-order valence-electron chi connectivity index (χ2n) is 7.29. The minimum atomic E-state index is -0.228. The van der Waals surface area contributed by atoms with Crippen LogP contribution in [0.5, 0.6) is 17.2 Å². The van der Waals surface area contributed by atoms with Gasteiger partial charge in [0.15, 0.2) is 12.6 Å². The van der Waals surface area contributed by atoms with Crippen LogP contribution in [0.3, 0.4) is 0 Å². The first-order chi connectivity index (χ1) is 14.0. The van der Waals surface area contributed by atoms with Crippen LogP contribution >= 0.6 is 15.9 Å². The Morgan fingerprint density at radius 1 is 1.24 bits per heavy atom. The van der Waals surface area contributed by atoms with Gasteiger partial charge in [-0.15, -0.1) is 0 Å². The molecule has 1 fully saturated rings. The van der Waals surface area contributed by atoms with E-state index in [-0.39, 0.29) is 30.2 Å². The van der Waals surface area contributed by atoms with Gasteiger partial charge in [0.25, 0.3) is 0 Å². The van der Waals surface area contributed by atoms with Gasteiger partial charge in [-0.05, 0) is 50.1 Å². The Balaban J connectivity index is 1.49. The van der Waals surface area contributed by atoms with E-state index in [2.05, 4.69) is 15.9 Å². The Kier molecular flexibility index (Phi) is 4.44. The fourth-order valence-electron chi connectivity index (χ4n) is 3.45. The van der Waals surface area contributed by atoms with E-state index >= 15 is 0 Å². The molecule has 0 spiro atoms. The highest BCUT2D eigenvalue weighted by Crippen LogP contribution is 2.41. The van der Waals surface area contributed by atoms with Gasteiger partial charge in [0.05, 0.1) is 18.1 Å². The molecule has 148 valence electrons. The quantitative estimate of drug-likeness (QED) is 0.383. The summed E-state index contributed by atoms with van der Waals surface area (Å²) in [5, 5.41) is 0. The lowest BCUT2D eigenvalue weighted by Gasteiger charge is -2.20. The molecule has 2 heterocycles. The highest BCUT2D eigenvalue weighted by molar-refractivity contribution is 9.10. The van der Waals surface area contributed by atoms with E-state index in [4.69, 9.17) is 18.9 Å². The van der Waals surface area contributed by atoms with Crippen LogP contribution in [0.1, 0.15) is 39.9 Å². The second kappa shape index (κ2) is 7.00. The highest BCUT2D eigenvalue weighted by atomic mass is 79.9. The first-order valence-corrected chi connectivity index (χ1v) is 10.1.